The molecule has 92 valence electrons. The maximum Gasteiger partial charge on any atom is 0.201 e. The molecule has 0 N–H and O–H groups in total. The average molecular weight is 249 g/mol. The standard InChI is InChI=1S/C13H9F2NO2/c1-18-11-4-2-3-10(15)12(11)13(17)8-5-9(14)7-16-6-8/h2-7H,1H3. The molecule has 0 saturated carbocycles. The monoisotopic (exact) mass is 249 g/mol. The number of rotatable bonds is 3. The van der Waals surface area contributed by atoms with Crippen molar-refractivity contribution in [2.75, 3.05) is 7.11 Å². The average Bonchev–Trinajstić information content (AvgIpc) is 2.37. The van der Waals surface area contributed by atoms with Gasteiger partial charge in [-0.3, -0.25) is 9.78 Å². The highest BCUT2D eigenvalue weighted by Crippen LogP contribution is 2.24. The Balaban J connectivity index is 2.52. The lowest BCUT2D eigenvalue weighted by Gasteiger charge is -2.08. The van der Waals surface area contributed by atoms with Gasteiger partial charge in [0.25, 0.3) is 0 Å². The Labute approximate surface area is 102 Å². The van der Waals surface area contributed by atoms with Crippen LogP contribution < -0.4 is 4.74 Å². The van der Waals surface area contributed by atoms with Gasteiger partial charge in [-0.1, -0.05) is 6.07 Å². The molecule has 2 rings (SSSR count). The summed E-state index contributed by atoms with van der Waals surface area (Å²) in [6, 6.07) is 5.03. The Bertz CT molecular complexity index is 599. The van der Waals surface area contributed by atoms with Gasteiger partial charge in [0.2, 0.25) is 5.78 Å². The van der Waals surface area contributed by atoms with Crippen LogP contribution in [0.15, 0.2) is 36.7 Å². The van der Waals surface area contributed by atoms with Crippen LogP contribution in [0, 0.1) is 11.6 Å². The summed E-state index contributed by atoms with van der Waals surface area (Å²) >= 11 is 0. The molecule has 0 aliphatic carbocycles. The highest BCUT2D eigenvalue weighted by molar-refractivity contribution is 6.10. The molecule has 3 nitrogen and oxygen atoms in total. The van der Waals surface area contributed by atoms with Gasteiger partial charge in [-0.25, -0.2) is 8.78 Å². The first kappa shape index (κ1) is 12.2. The van der Waals surface area contributed by atoms with Crippen LogP contribution in [0.25, 0.3) is 0 Å². The van der Waals surface area contributed by atoms with Crippen molar-refractivity contribution in [3.63, 3.8) is 0 Å². The summed E-state index contributed by atoms with van der Waals surface area (Å²) in [5, 5.41) is 0. The fraction of sp³-hybridized carbons (Fsp3) is 0.0769. The number of aromatic nitrogens is 1. The number of carbonyl (C=O) groups is 1. The summed E-state index contributed by atoms with van der Waals surface area (Å²) in [7, 11) is 1.33. The van der Waals surface area contributed by atoms with Crippen molar-refractivity contribution < 1.29 is 18.3 Å². The lowest BCUT2D eigenvalue weighted by molar-refractivity contribution is 0.103. The van der Waals surface area contributed by atoms with E-state index < -0.39 is 17.4 Å². The third kappa shape index (κ3) is 2.20. The zero-order valence-corrected chi connectivity index (χ0v) is 9.48. The lowest BCUT2D eigenvalue weighted by Crippen LogP contribution is -2.07. The van der Waals surface area contributed by atoms with E-state index in [0.717, 1.165) is 18.3 Å². The Hall–Kier alpha value is -2.30. The molecule has 0 unspecified atom stereocenters. The van der Waals surface area contributed by atoms with E-state index in [9.17, 15) is 13.6 Å². The number of halogens is 2. The van der Waals surface area contributed by atoms with E-state index in [1.165, 1.54) is 25.4 Å². The molecule has 0 aliphatic rings. The highest BCUT2D eigenvalue weighted by Gasteiger charge is 2.19. The molecule has 0 fully saturated rings. The third-order valence-corrected chi connectivity index (χ3v) is 2.39. The van der Waals surface area contributed by atoms with Crippen molar-refractivity contribution >= 4 is 5.78 Å². The second-order valence-electron chi connectivity index (χ2n) is 3.54. The number of hydrogen-bond acceptors (Lipinski definition) is 3. The van der Waals surface area contributed by atoms with Gasteiger partial charge in [0.05, 0.1) is 13.3 Å². The normalized spacial score (nSPS) is 10.2. The number of pyridine rings is 1. The molecule has 0 bridgehead atoms. The zero-order chi connectivity index (χ0) is 13.1. The number of ether oxygens (including phenoxy) is 1. The van der Waals surface area contributed by atoms with Gasteiger partial charge < -0.3 is 4.74 Å². The van der Waals surface area contributed by atoms with Crippen LogP contribution in [0.5, 0.6) is 5.75 Å². The van der Waals surface area contributed by atoms with Gasteiger partial charge in [-0.05, 0) is 18.2 Å². The van der Waals surface area contributed by atoms with Gasteiger partial charge in [0, 0.05) is 11.8 Å². The van der Waals surface area contributed by atoms with E-state index in [1.807, 2.05) is 0 Å². The molecule has 1 heterocycles. The van der Waals surface area contributed by atoms with E-state index in [0.29, 0.717) is 0 Å². The topological polar surface area (TPSA) is 39.2 Å². The van der Waals surface area contributed by atoms with Gasteiger partial charge >= 0.3 is 0 Å². The molecular formula is C13H9F2NO2. The van der Waals surface area contributed by atoms with Crippen LogP contribution in [0.2, 0.25) is 0 Å². The minimum absolute atomic E-state index is 0.0293. The Morgan fingerprint density at radius 1 is 1.28 bits per heavy atom. The smallest absolute Gasteiger partial charge is 0.201 e. The maximum absolute atomic E-state index is 13.7. The second-order valence-corrected chi connectivity index (χ2v) is 3.54. The maximum atomic E-state index is 13.7. The van der Waals surface area contributed by atoms with E-state index in [1.54, 1.807) is 0 Å². The van der Waals surface area contributed by atoms with Crippen LogP contribution in [0.3, 0.4) is 0 Å². The molecule has 0 aliphatic heterocycles. The Morgan fingerprint density at radius 3 is 2.72 bits per heavy atom. The van der Waals surface area contributed by atoms with Crippen LogP contribution in [-0.4, -0.2) is 17.9 Å². The number of nitrogens with zero attached hydrogens (tertiary/aromatic N) is 1. The largest absolute Gasteiger partial charge is 0.496 e. The predicted molar refractivity (Wildman–Crippen MR) is 60.6 cm³/mol. The van der Waals surface area contributed by atoms with Gasteiger partial charge in [-0.2, -0.15) is 0 Å². The first-order valence-corrected chi connectivity index (χ1v) is 5.11. The summed E-state index contributed by atoms with van der Waals surface area (Å²) < 4.78 is 31.6. The van der Waals surface area contributed by atoms with Gasteiger partial charge in [0.15, 0.2) is 0 Å². The van der Waals surface area contributed by atoms with Crippen LogP contribution in [0.4, 0.5) is 8.78 Å². The van der Waals surface area contributed by atoms with Crippen molar-refractivity contribution in [1.29, 1.82) is 0 Å². The fourth-order valence-electron chi connectivity index (χ4n) is 1.58. The summed E-state index contributed by atoms with van der Waals surface area (Å²) in [4.78, 5) is 15.6. The Morgan fingerprint density at radius 2 is 2.06 bits per heavy atom. The first-order valence-electron chi connectivity index (χ1n) is 5.11. The van der Waals surface area contributed by atoms with Crippen molar-refractivity contribution in [2.24, 2.45) is 0 Å². The molecular weight excluding hydrogens is 240 g/mol. The van der Waals surface area contributed by atoms with Crippen LogP contribution in [-0.2, 0) is 0 Å². The second kappa shape index (κ2) is 4.91. The van der Waals surface area contributed by atoms with Crippen molar-refractivity contribution in [2.45, 2.75) is 0 Å². The third-order valence-electron chi connectivity index (χ3n) is 2.39. The molecule has 0 amide bonds. The number of benzene rings is 1. The van der Waals surface area contributed by atoms with Crippen LogP contribution in [0.1, 0.15) is 15.9 Å². The summed E-state index contributed by atoms with van der Waals surface area (Å²) in [6.45, 7) is 0. The number of carbonyl (C=O) groups excluding carboxylic acids is 1. The summed E-state index contributed by atoms with van der Waals surface area (Å²) in [5.74, 6) is -1.94. The van der Waals surface area contributed by atoms with Gasteiger partial charge in [0.1, 0.15) is 22.9 Å². The first-order chi connectivity index (χ1) is 8.63. The quantitative estimate of drug-likeness (QED) is 0.785. The van der Waals surface area contributed by atoms with Gasteiger partial charge in [-0.15, -0.1) is 0 Å². The molecule has 0 saturated heterocycles. The van der Waals surface area contributed by atoms with Crippen LogP contribution >= 0.6 is 0 Å². The molecule has 5 heteroatoms. The molecule has 1 aromatic carbocycles. The SMILES string of the molecule is COc1cccc(F)c1C(=O)c1cncc(F)c1. The molecule has 0 spiro atoms. The summed E-state index contributed by atoms with van der Waals surface area (Å²) in [5.41, 5.74) is -0.259. The Kier molecular flexibility index (Phi) is 3.32. The van der Waals surface area contributed by atoms with Crippen molar-refractivity contribution in [3.8, 4) is 5.75 Å². The fourth-order valence-corrected chi connectivity index (χ4v) is 1.58. The minimum Gasteiger partial charge on any atom is -0.496 e. The van der Waals surface area contributed by atoms with Crippen molar-refractivity contribution in [3.05, 3.63) is 59.4 Å². The lowest BCUT2D eigenvalue weighted by atomic mass is 10.0. The molecule has 0 atom stereocenters. The molecule has 1 aromatic heterocycles. The zero-order valence-electron chi connectivity index (χ0n) is 9.48. The van der Waals surface area contributed by atoms with E-state index in [4.69, 9.17) is 4.74 Å². The predicted octanol–water partition coefficient (Wildman–Crippen LogP) is 2.60. The number of ketones is 1. The summed E-state index contributed by atoms with van der Waals surface area (Å²) in [6.07, 6.45) is 2.15. The highest BCUT2D eigenvalue weighted by atomic mass is 19.1. The van der Waals surface area contributed by atoms with E-state index in [2.05, 4.69) is 4.98 Å². The molecule has 18 heavy (non-hydrogen) atoms. The molecule has 0 radical (unpaired) electrons. The van der Waals surface area contributed by atoms with E-state index >= 15 is 0 Å². The number of hydrogen-bond donors (Lipinski definition) is 0. The van der Waals surface area contributed by atoms with E-state index in [-0.39, 0.29) is 16.9 Å². The molecule has 2 aromatic rings. The minimum atomic E-state index is -0.719. The number of methoxy groups -OCH3 is 1. The van der Waals surface area contributed by atoms with Crippen molar-refractivity contribution in [1.82, 2.24) is 4.98 Å².